The molecular weight excluding hydrogens is 363 g/mol. The number of allylic oxidation sites excluding steroid dienone is 2. The molecule has 3 heteroatoms. The van der Waals surface area contributed by atoms with Crippen LogP contribution in [0.5, 0.6) is 0 Å². The van der Waals surface area contributed by atoms with Crippen LogP contribution in [-0.2, 0) is 4.79 Å². The maximum absolute atomic E-state index is 12.7. The molecule has 0 heterocycles. The Morgan fingerprint density at radius 1 is 1.04 bits per heavy atom. The van der Waals surface area contributed by atoms with Crippen LogP contribution in [0, 0.1) is 12.8 Å². The summed E-state index contributed by atoms with van der Waals surface area (Å²) in [6, 6.07) is 17.8. The molecule has 1 aliphatic rings. The average Bonchev–Trinajstić information content (AvgIpc) is 2.60. The topological polar surface area (TPSA) is 34.1 Å². The molecule has 122 valence electrons. The Bertz CT molecular complexity index is 788. The van der Waals surface area contributed by atoms with Crippen LogP contribution in [-0.4, -0.2) is 25.4 Å². The zero-order valence-electron chi connectivity index (χ0n) is 13.9. The molecule has 2 nitrogen and oxygen atoms in total. The summed E-state index contributed by atoms with van der Waals surface area (Å²) in [6.45, 7) is 3.91. The SMILES string of the molecule is CCC(=O)C1CC(c2ccccc2)=C1[Se]C(=O)c1ccc(C)cc1. The van der Waals surface area contributed by atoms with Crippen molar-refractivity contribution in [2.24, 2.45) is 5.92 Å². The van der Waals surface area contributed by atoms with Gasteiger partial charge in [-0.05, 0) is 0 Å². The molecule has 0 spiro atoms. The van der Waals surface area contributed by atoms with E-state index in [9.17, 15) is 9.59 Å². The van der Waals surface area contributed by atoms with Gasteiger partial charge in [-0.3, -0.25) is 0 Å². The number of carbonyl (C=O) groups is 2. The molecule has 2 aromatic carbocycles. The van der Waals surface area contributed by atoms with Crippen molar-refractivity contribution in [2.75, 3.05) is 0 Å². The zero-order valence-corrected chi connectivity index (χ0v) is 15.6. The molecule has 0 saturated heterocycles. The molecule has 24 heavy (non-hydrogen) atoms. The first-order valence-electron chi connectivity index (χ1n) is 8.20. The summed E-state index contributed by atoms with van der Waals surface area (Å²) in [5.41, 5.74) is 4.23. The standard InChI is InChI=1S/C21H20O2Se/c1-3-19(22)18-13-17(15-7-5-4-6-8-15)20(18)24-21(23)16-11-9-14(2)10-12-16/h4-12,18H,3,13H2,1-2H3. The number of rotatable bonds is 6. The Morgan fingerprint density at radius 2 is 1.71 bits per heavy atom. The van der Waals surface area contributed by atoms with E-state index in [4.69, 9.17) is 0 Å². The molecule has 0 radical (unpaired) electrons. The first-order chi connectivity index (χ1) is 11.6. The molecule has 0 N–H and O–H groups in total. The summed E-state index contributed by atoms with van der Waals surface area (Å²) in [7, 11) is 0. The van der Waals surface area contributed by atoms with Crippen LogP contribution < -0.4 is 0 Å². The van der Waals surface area contributed by atoms with Crippen LogP contribution in [0.15, 0.2) is 59.1 Å². The van der Waals surface area contributed by atoms with E-state index in [-0.39, 0.29) is 31.3 Å². The van der Waals surface area contributed by atoms with Crippen molar-refractivity contribution in [2.45, 2.75) is 26.7 Å². The Kier molecular flexibility index (Phi) is 5.13. The van der Waals surface area contributed by atoms with Crippen molar-refractivity contribution in [3.63, 3.8) is 0 Å². The minimum atomic E-state index is -0.325. The van der Waals surface area contributed by atoms with Crippen LogP contribution in [0.25, 0.3) is 5.57 Å². The Hall–Kier alpha value is -1.96. The second-order valence-electron chi connectivity index (χ2n) is 6.04. The molecule has 2 aromatic rings. The number of carbonyl (C=O) groups excluding carboxylic acids is 2. The summed E-state index contributed by atoms with van der Waals surface area (Å²) in [5.74, 6) is 0.197. The fraction of sp³-hybridized carbons (Fsp3) is 0.238. The predicted molar refractivity (Wildman–Crippen MR) is 98.0 cm³/mol. The van der Waals surface area contributed by atoms with E-state index in [1.54, 1.807) is 0 Å². The van der Waals surface area contributed by atoms with Crippen molar-refractivity contribution in [3.05, 3.63) is 75.8 Å². The molecule has 0 aromatic heterocycles. The predicted octanol–water partition coefficient (Wildman–Crippen LogP) is 4.25. The Morgan fingerprint density at radius 3 is 2.33 bits per heavy atom. The fourth-order valence-corrected chi connectivity index (χ4v) is 5.25. The van der Waals surface area contributed by atoms with E-state index in [2.05, 4.69) is 12.1 Å². The van der Waals surface area contributed by atoms with Gasteiger partial charge in [0, 0.05) is 0 Å². The summed E-state index contributed by atoms with van der Waals surface area (Å²) in [5, 5.41) is 0. The molecule has 0 aliphatic heterocycles. The number of aryl methyl sites for hydroxylation is 1. The third-order valence-electron chi connectivity index (χ3n) is 4.37. The van der Waals surface area contributed by atoms with Gasteiger partial charge in [0.15, 0.2) is 0 Å². The quantitative estimate of drug-likeness (QED) is 0.699. The van der Waals surface area contributed by atoms with E-state index in [1.165, 1.54) is 5.57 Å². The Labute approximate surface area is 149 Å². The van der Waals surface area contributed by atoms with E-state index < -0.39 is 0 Å². The second-order valence-corrected chi connectivity index (χ2v) is 8.17. The Balaban J connectivity index is 1.89. The van der Waals surface area contributed by atoms with Gasteiger partial charge in [0.2, 0.25) is 0 Å². The third kappa shape index (κ3) is 3.43. The maximum atomic E-state index is 12.7. The molecule has 0 amide bonds. The van der Waals surface area contributed by atoms with Gasteiger partial charge in [-0.1, -0.05) is 0 Å². The van der Waals surface area contributed by atoms with Crippen LogP contribution >= 0.6 is 0 Å². The molecular formula is C21H20O2Se. The van der Waals surface area contributed by atoms with Crippen molar-refractivity contribution >= 4 is 31.0 Å². The van der Waals surface area contributed by atoms with Crippen LogP contribution in [0.2, 0.25) is 0 Å². The van der Waals surface area contributed by atoms with E-state index in [0.717, 1.165) is 27.6 Å². The normalized spacial score (nSPS) is 16.7. The van der Waals surface area contributed by atoms with Crippen molar-refractivity contribution in [3.8, 4) is 0 Å². The van der Waals surface area contributed by atoms with Gasteiger partial charge in [0.1, 0.15) is 0 Å². The number of Topliss-reactive ketones (excluding diaryl/α,β-unsaturated/α-hetero) is 1. The number of benzene rings is 2. The zero-order chi connectivity index (χ0) is 17.1. The first kappa shape index (κ1) is 16.9. The van der Waals surface area contributed by atoms with Gasteiger partial charge >= 0.3 is 149 Å². The number of hydrogen-bond acceptors (Lipinski definition) is 2. The van der Waals surface area contributed by atoms with Gasteiger partial charge in [0.25, 0.3) is 0 Å². The average molecular weight is 383 g/mol. The summed E-state index contributed by atoms with van der Waals surface area (Å²) >= 11 is -0.325. The van der Waals surface area contributed by atoms with E-state index >= 15 is 0 Å². The third-order valence-corrected chi connectivity index (χ3v) is 6.83. The number of ketones is 1. The summed E-state index contributed by atoms with van der Waals surface area (Å²) in [4.78, 5) is 24.9. The van der Waals surface area contributed by atoms with Gasteiger partial charge < -0.3 is 0 Å². The van der Waals surface area contributed by atoms with Gasteiger partial charge in [0.05, 0.1) is 0 Å². The van der Waals surface area contributed by atoms with Gasteiger partial charge in [-0.15, -0.1) is 0 Å². The minimum absolute atomic E-state index is 0.0559. The molecule has 0 fully saturated rings. The number of hydrogen-bond donors (Lipinski definition) is 0. The van der Waals surface area contributed by atoms with Gasteiger partial charge in [-0.25, -0.2) is 0 Å². The molecule has 0 bridgehead atoms. The van der Waals surface area contributed by atoms with E-state index in [1.807, 2.05) is 56.3 Å². The van der Waals surface area contributed by atoms with Crippen molar-refractivity contribution < 1.29 is 9.59 Å². The van der Waals surface area contributed by atoms with Crippen LogP contribution in [0.4, 0.5) is 0 Å². The summed E-state index contributed by atoms with van der Waals surface area (Å²) < 4.78 is 1.23. The van der Waals surface area contributed by atoms with Crippen molar-refractivity contribution in [1.82, 2.24) is 0 Å². The van der Waals surface area contributed by atoms with Gasteiger partial charge in [-0.2, -0.15) is 0 Å². The molecule has 0 saturated carbocycles. The van der Waals surface area contributed by atoms with Crippen LogP contribution in [0.3, 0.4) is 0 Å². The van der Waals surface area contributed by atoms with Crippen molar-refractivity contribution in [1.29, 1.82) is 0 Å². The molecule has 3 rings (SSSR count). The summed E-state index contributed by atoms with van der Waals surface area (Å²) in [6.07, 6.45) is 1.31. The fourth-order valence-electron chi connectivity index (χ4n) is 2.86. The first-order valence-corrected chi connectivity index (χ1v) is 9.91. The van der Waals surface area contributed by atoms with Crippen LogP contribution in [0.1, 0.15) is 41.3 Å². The monoisotopic (exact) mass is 384 g/mol. The molecule has 1 atom stereocenters. The van der Waals surface area contributed by atoms with E-state index in [0.29, 0.717) is 6.42 Å². The molecule has 1 aliphatic carbocycles. The molecule has 1 unspecified atom stereocenters. The second kappa shape index (κ2) is 7.29.